The van der Waals surface area contributed by atoms with Crippen molar-refractivity contribution in [2.24, 2.45) is 0 Å². The molecule has 0 saturated carbocycles. The van der Waals surface area contributed by atoms with E-state index < -0.39 is 18.1 Å². The fourth-order valence-electron chi connectivity index (χ4n) is 2.45. The number of halogens is 3. The number of carbonyl (C=O) groups excluding carboxylic acids is 1. The van der Waals surface area contributed by atoms with Gasteiger partial charge in [-0.1, -0.05) is 0 Å². The largest absolute Gasteiger partial charge is 0.404 e. The molecule has 116 valence electrons. The number of aromatic nitrogens is 2. The third-order valence-corrected chi connectivity index (χ3v) is 3.53. The first-order valence-corrected chi connectivity index (χ1v) is 6.42. The van der Waals surface area contributed by atoms with Crippen molar-refractivity contribution in [1.82, 2.24) is 20.2 Å². The topological polar surface area (TPSA) is 84.1 Å². The molecule has 1 saturated heterocycles. The lowest BCUT2D eigenvalue weighted by atomic mass is 9.98. The number of anilines is 1. The van der Waals surface area contributed by atoms with Crippen molar-refractivity contribution in [3.05, 3.63) is 18.1 Å². The third kappa shape index (κ3) is 3.60. The van der Waals surface area contributed by atoms with Crippen LogP contribution in [-0.2, 0) is 0 Å². The fraction of sp³-hybridized carbons (Fsp3) is 0.583. The minimum absolute atomic E-state index is 0.0415. The van der Waals surface area contributed by atoms with Gasteiger partial charge in [-0.3, -0.25) is 9.69 Å². The van der Waals surface area contributed by atoms with E-state index in [1.165, 1.54) is 24.5 Å². The summed E-state index contributed by atoms with van der Waals surface area (Å²) in [4.78, 5) is 20.6. The first-order valence-electron chi connectivity index (χ1n) is 6.42. The summed E-state index contributed by atoms with van der Waals surface area (Å²) in [6, 6.07) is -1.82. The number of likely N-dealkylation sites (N-methyl/N-ethyl adjacent to an activating group) is 1. The maximum absolute atomic E-state index is 12.7. The molecule has 0 aromatic carbocycles. The molecule has 3 N–H and O–H groups in total. The quantitative estimate of drug-likeness (QED) is 0.845. The number of hydrogen-bond donors (Lipinski definition) is 2. The normalized spacial score (nSPS) is 23.8. The number of amides is 1. The summed E-state index contributed by atoms with van der Waals surface area (Å²) in [6.45, 7) is 0.128. The molecular formula is C12H16F3N5O. The summed E-state index contributed by atoms with van der Waals surface area (Å²) in [5.41, 5.74) is 5.69. The maximum atomic E-state index is 12.7. The monoisotopic (exact) mass is 303 g/mol. The van der Waals surface area contributed by atoms with Crippen LogP contribution in [0.25, 0.3) is 0 Å². The molecule has 2 heterocycles. The lowest BCUT2D eigenvalue weighted by Gasteiger charge is -2.38. The van der Waals surface area contributed by atoms with E-state index in [-0.39, 0.29) is 36.8 Å². The van der Waals surface area contributed by atoms with Crippen LogP contribution in [0.4, 0.5) is 19.0 Å². The fourth-order valence-corrected chi connectivity index (χ4v) is 2.45. The minimum Gasteiger partial charge on any atom is -0.383 e. The molecule has 0 spiro atoms. The molecule has 0 aliphatic carbocycles. The summed E-state index contributed by atoms with van der Waals surface area (Å²) in [5.74, 6) is -0.434. The van der Waals surface area contributed by atoms with Gasteiger partial charge in [0.25, 0.3) is 5.91 Å². The number of nitrogens with one attached hydrogen (secondary N) is 1. The number of nitrogens with two attached hydrogens (primary N) is 1. The van der Waals surface area contributed by atoms with Crippen LogP contribution >= 0.6 is 0 Å². The van der Waals surface area contributed by atoms with Gasteiger partial charge in [0.05, 0.1) is 5.56 Å². The van der Waals surface area contributed by atoms with Crippen LogP contribution in [0.3, 0.4) is 0 Å². The second-order valence-corrected chi connectivity index (χ2v) is 5.07. The van der Waals surface area contributed by atoms with Crippen molar-refractivity contribution in [3.8, 4) is 0 Å². The first kappa shape index (κ1) is 15.5. The number of alkyl halides is 3. The number of hydrogen-bond acceptors (Lipinski definition) is 5. The Hall–Kier alpha value is -1.90. The summed E-state index contributed by atoms with van der Waals surface area (Å²) < 4.78 is 38.2. The Morgan fingerprint density at radius 2 is 2.19 bits per heavy atom. The van der Waals surface area contributed by atoms with Gasteiger partial charge in [0.1, 0.15) is 18.2 Å². The zero-order valence-electron chi connectivity index (χ0n) is 11.4. The van der Waals surface area contributed by atoms with Crippen molar-refractivity contribution >= 4 is 11.7 Å². The molecule has 0 bridgehead atoms. The number of nitrogens with zero attached hydrogens (tertiary/aromatic N) is 3. The highest BCUT2D eigenvalue weighted by atomic mass is 19.4. The smallest absolute Gasteiger partial charge is 0.383 e. The molecule has 1 aliphatic rings. The van der Waals surface area contributed by atoms with E-state index in [4.69, 9.17) is 5.73 Å². The van der Waals surface area contributed by atoms with Gasteiger partial charge >= 0.3 is 6.18 Å². The van der Waals surface area contributed by atoms with Crippen molar-refractivity contribution in [2.75, 3.05) is 19.3 Å². The lowest BCUT2D eigenvalue weighted by molar-refractivity contribution is -0.188. The predicted octanol–water partition coefficient (Wildman–Crippen LogP) is 0.814. The molecule has 21 heavy (non-hydrogen) atoms. The van der Waals surface area contributed by atoms with Crippen molar-refractivity contribution in [1.29, 1.82) is 0 Å². The van der Waals surface area contributed by atoms with Gasteiger partial charge in [0.2, 0.25) is 0 Å². The minimum atomic E-state index is -4.25. The zero-order valence-corrected chi connectivity index (χ0v) is 11.4. The summed E-state index contributed by atoms with van der Waals surface area (Å²) >= 11 is 0. The van der Waals surface area contributed by atoms with Crippen LogP contribution in [0, 0.1) is 0 Å². The molecule has 2 rings (SSSR count). The average Bonchev–Trinajstić information content (AvgIpc) is 2.37. The Kier molecular flexibility index (Phi) is 4.31. The molecule has 0 radical (unpaired) electrons. The second kappa shape index (κ2) is 5.84. The zero-order chi connectivity index (χ0) is 15.6. The molecule has 1 aromatic heterocycles. The van der Waals surface area contributed by atoms with Gasteiger partial charge in [-0.25, -0.2) is 9.97 Å². The SMILES string of the molecule is CN1C[C@H](NC(=O)c2cncnc2N)CC[C@H]1C(F)(F)F. The van der Waals surface area contributed by atoms with Crippen LogP contribution < -0.4 is 11.1 Å². The first-order chi connectivity index (χ1) is 9.79. The van der Waals surface area contributed by atoms with Crippen LogP contribution in [0.1, 0.15) is 23.2 Å². The van der Waals surface area contributed by atoms with Crippen LogP contribution in [0.5, 0.6) is 0 Å². The summed E-state index contributed by atoms with van der Waals surface area (Å²) in [7, 11) is 1.40. The van der Waals surface area contributed by atoms with Gasteiger partial charge in [0.15, 0.2) is 0 Å². The molecule has 1 amide bonds. The number of carbonyl (C=O) groups is 1. The Morgan fingerprint density at radius 3 is 2.76 bits per heavy atom. The molecule has 6 nitrogen and oxygen atoms in total. The highest BCUT2D eigenvalue weighted by Crippen LogP contribution is 2.30. The van der Waals surface area contributed by atoms with Crippen molar-refractivity contribution in [3.63, 3.8) is 0 Å². The van der Waals surface area contributed by atoms with Crippen LogP contribution in [0.15, 0.2) is 12.5 Å². The standard InChI is InChI=1S/C12H16F3N5O/c1-20-5-7(2-3-9(20)12(13,14)15)19-11(21)8-4-17-6-18-10(8)16/h4,6-7,9H,2-3,5H2,1H3,(H,19,21)(H2,16,17,18)/t7-,9+/m1/s1. The number of piperidine rings is 1. The maximum Gasteiger partial charge on any atom is 0.404 e. The van der Waals surface area contributed by atoms with Gasteiger partial charge in [0, 0.05) is 18.8 Å². The van der Waals surface area contributed by atoms with Gasteiger partial charge in [-0.05, 0) is 19.9 Å². The third-order valence-electron chi connectivity index (χ3n) is 3.53. The van der Waals surface area contributed by atoms with Gasteiger partial charge < -0.3 is 11.1 Å². The summed E-state index contributed by atoms with van der Waals surface area (Å²) in [6.07, 6.45) is -1.54. The summed E-state index contributed by atoms with van der Waals surface area (Å²) in [5, 5.41) is 2.67. The van der Waals surface area contributed by atoms with E-state index in [1.807, 2.05) is 0 Å². The molecule has 0 unspecified atom stereocenters. The number of likely N-dealkylation sites (tertiary alicyclic amines) is 1. The lowest BCUT2D eigenvalue weighted by Crippen LogP contribution is -2.54. The Labute approximate surface area is 119 Å². The van der Waals surface area contributed by atoms with Crippen LogP contribution in [0.2, 0.25) is 0 Å². The molecule has 1 aliphatic heterocycles. The predicted molar refractivity (Wildman–Crippen MR) is 69.4 cm³/mol. The van der Waals surface area contributed by atoms with Crippen molar-refractivity contribution in [2.45, 2.75) is 31.1 Å². The highest BCUT2D eigenvalue weighted by Gasteiger charge is 2.44. The van der Waals surface area contributed by atoms with Gasteiger partial charge in [-0.15, -0.1) is 0 Å². The number of nitrogen functional groups attached to an aromatic ring is 1. The molecular weight excluding hydrogens is 287 g/mol. The van der Waals surface area contributed by atoms with E-state index >= 15 is 0 Å². The molecule has 9 heteroatoms. The molecule has 1 aromatic rings. The van der Waals surface area contributed by atoms with Crippen LogP contribution in [-0.4, -0.2) is 52.6 Å². The molecule has 1 fully saturated rings. The molecule has 2 atom stereocenters. The van der Waals surface area contributed by atoms with Gasteiger partial charge in [-0.2, -0.15) is 13.2 Å². The van der Waals surface area contributed by atoms with Crippen molar-refractivity contribution < 1.29 is 18.0 Å². The Morgan fingerprint density at radius 1 is 1.48 bits per heavy atom. The second-order valence-electron chi connectivity index (χ2n) is 5.07. The number of rotatable bonds is 2. The van der Waals surface area contributed by atoms with E-state index in [1.54, 1.807) is 0 Å². The Balaban J connectivity index is 1.97. The van der Waals surface area contributed by atoms with E-state index in [2.05, 4.69) is 15.3 Å². The van der Waals surface area contributed by atoms with E-state index in [9.17, 15) is 18.0 Å². The Bertz CT molecular complexity index is 522. The van der Waals surface area contributed by atoms with E-state index in [0.29, 0.717) is 0 Å². The average molecular weight is 303 g/mol. The highest BCUT2D eigenvalue weighted by molar-refractivity contribution is 5.98. The van der Waals surface area contributed by atoms with E-state index in [0.717, 1.165) is 0 Å².